The van der Waals surface area contributed by atoms with E-state index in [0.29, 0.717) is 12.6 Å². The third-order valence-corrected chi connectivity index (χ3v) is 3.12. The van der Waals surface area contributed by atoms with Gasteiger partial charge in [0.15, 0.2) is 0 Å². The lowest BCUT2D eigenvalue weighted by atomic mass is 10.1. The van der Waals surface area contributed by atoms with Gasteiger partial charge in [-0.3, -0.25) is 0 Å². The first-order valence-corrected chi connectivity index (χ1v) is 5.62. The second-order valence-corrected chi connectivity index (χ2v) is 4.57. The highest BCUT2D eigenvalue weighted by Gasteiger charge is 2.26. The van der Waals surface area contributed by atoms with Gasteiger partial charge in [-0.25, -0.2) is 4.98 Å². The lowest BCUT2D eigenvalue weighted by Gasteiger charge is -2.22. The fourth-order valence-electron chi connectivity index (χ4n) is 2.33. The predicted molar refractivity (Wildman–Crippen MR) is 62.7 cm³/mol. The quantitative estimate of drug-likeness (QED) is 0.800. The summed E-state index contributed by atoms with van der Waals surface area (Å²) in [6, 6.07) is 4.76. The van der Waals surface area contributed by atoms with E-state index in [2.05, 4.69) is 35.9 Å². The average molecular weight is 205 g/mol. The van der Waals surface area contributed by atoms with Crippen molar-refractivity contribution in [3.63, 3.8) is 0 Å². The molecule has 2 heterocycles. The number of anilines is 1. The van der Waals surface area contributed by atoms with Crippen molar-refractivity contribution < 1.29 is 0 Å². The monoisotopic (exact) mass is 205 g/mol. The lowest BCUT2D eigenvalue weighted by Crippen LogP contribution is -2.27. The fraction of sp³-hybridized carbons (Fsp3) is 0.583. The highest BCUT2D eigenvalue weighted by atomic mass is 15.2. The average Bonchev–Trinajstić information content (AvgIpc) is 2.58. The molecule has 0 bridgehead atoms. The largest absolute Gasteiger partial charge is 0.354 e. The number of aromatic nitrogens is 1. The SMILES string of the molecule is CC1CC(C)N(c2ccc(CN)cn2)C1. The highest BCUT2D eigenvalue weighted by Crippen LogP contribution is 2.26. The summed E-state index contributed by atoms with van der Waals surface area (Å²) in [5.41, 5.74) is 6.65. The van der Waals surface area contributed by atoms with Crippen LogP contribution < -0.4 is 10.6 Å². The van der Waals surface area contributed by atoms with Crippen LogP contribution in [0.1, 0.15) is 25.8 Å². The molecule has 2 unspecified atom stereocenters. The van der Waals surface area contributed by atoms with Crippen molar-refractivity contribution in [1.82, 2.24) is 4.98 Å². The second kappa shape index (κ2) is 4.19. The minimum absolute atomic E-state index is 0.569. The number of nitrogens with two attached hydrogens (primary N) is 1. The van der Waals surface area contributed by atoms with E-state index in [0.717, 1.165) is 23.8 Å². The molecule has 82 valence electrons. The van der Waals surface area contributed by atoms with Gasteiger partial charge in [-0.1, -0.05) is 13.0 Å². The molecular weight excluding hydrogens is 186 g/mol. The first-order valence-electron chi connectivity index (χ1n) is 5.62. The zero-order valence-electron chi connectivity index (χ0n) is 9.48. The fourth-order valence-corrected chi connectivity index (χ4v) is 2.33. The standard InChI is InChI=1S/C12H19N3/c1-9-5-10(2)15(8-9)12-4-3-11(6-13)7-14-12/h3-4,7,9-10H,5-6,8,13H2,1-2H3. The van der Waals surface area contributed by atoms with Gasteiger partial charge in [0.1, 0.15) is 5.82 Å². The number of nitrogens with zero attached hydrogens (tertiary/aromatic N) is 2. The van der Waals surface area contributed by atoms with Crippen LogP contribution in [0, 0.1) is 5.92 Å². The van der Waals surface area contributed by atoms with E-state index in [9.17, 15) is 0 Å². The van der Waals surface area contributed by atoms with Gasteiger partial charge in [0.25, 0.3) is 0 Å². The summed E-state index contributed by atoms with van der Waals surface area (Å²) in [7, 11) is 0. The minimum atomic E-state index is 0.569. The minimum Gasteiger partial charge on any atom is -0.354 e. The van der Waals surface area contributed by atoms with Crippen LogP contribution in [0.2, 0.25) is 0 Å². The molecule has 2 N–H and O–H groups in total. The van der Waals surface area contributed by atoms with Gasteiger partial charge in [0.05, 0.1) is 0 Å². The van der Waals surface area contributed by atoms with Crippen LogP contribution in [-0.2, 0) is 6.54 Å². The van der Waals surface area contributed by atoms with E-state index in [1.807, 2.05) is 6.20 Å². The van der Waals surface area contributed by atoms with E-state index in [1.54, 1.807) is 0 Å². The van der Waals surface area contributed by atoms with Crippen molar-refractivity contribution >= 4 is 5.82 Å². The maximum atomic E-state index is 5.55. The van der Waals surface area contributed by atoms with Crippen molar-refractivity contribution in [3.05, 3.63) is 23.9 Å². The Morgan fingerprint density at radius 1 is 1.47 bits per heavy atom. The van der Waals surface area contributed by atoms with Crippen molar-refractivity contribution in [3.8, 4) is 0 Å². The van der Waals surface area contributed by atoms with E-state index in [4.69, 9.17) is 5.73 Å². The first-order chi connectivity index (χ1) is 7.20. The summed E-state index contributed by atoms with van der Waals surface area (Å²) in [6.07, 6.45) is 3.14. The summed E-state index contributed by atoms with van der Waals surface area (Å²) in [4.78, 5) is 6.84. The lowest BCUT2D eigenvalue weighted by molar-refractivity contribution is 0.625. The molecule has 1 aliphatic heterocycles. The van der Waals surface area contributed by atoms with Gasteiger partial charge in [-0.15, -0.1) is 0 Å². The molecule has 0 aromatic carbocycles. The van der Waals surface area contributed by atoms with Gasteiger partial charge >= 0.3 is 0 Å². The van der Waals surface area contributed by atoms with Gasteiger partial charge in [-0.2, -0.15) is 0 Å². The Morgan fingerprint density at radius 3 is 2.73 bits per heavy atom. The Kier molecular flexibility index (Phi) is 2.91. The molecule has 1 aliphatic rings. The maximum Gasteiger partial charge on any atom is 0.128 e. The third-order valence-electron chi connectivity index (χ3n) is 3.12. The zero-order chi connectivity index (χ0) is 10.8. The Labute approximate surface area is 91.3 Å². The Balaban J connectivity index is 2.15. The molecule has 0 radical (unpaired) electrons. The molecule has 2 rings (SSSR count). The van der Waals surface area contributed by atoms with E-state index in [-0.39, 0.29) is 0 Å². The molecule has 3 heteroatoms. The molecule has 0 spiro atoms. The van der Waals surface area contributed by atoms with Crippen LogP contribution in [0.25, 0.3) is 0 Å². The van der Waals surface area contributed by atoms with E-state index in [1.165, 1.54) is 6.42 Å². The molecule has 1 aromatic heterocycles. The molecule has 15 heavy (non-hydrogen) atoms. The molecule has 3 nitrogen and oxygen atoms in total. The predicted octanol–water partition coefficient (Wildman–Crippen LogP) is 1.77. The van der Waals surface area contributed by atoms with Crippen molar-refractivity contribution in [2.75, 3.05) is 11.4 Å². The van der Waals surface area contributed by atoms with Gasteiger partial charge < -0.3 is 10.6 Å². The van der Waals surface area contributed by atoms with Gasteiger partial charge in [0, 0.05) is 25.3 Å². The third kappa shape index (κ3) is 2.12. The molecule has 2 atom stereocenters. The summed E-state index contributed by atoms with van der Waals surface area (Å²) < 4.78 is 0. The zero-order valence-corrected chi connectivity index (χ0v) is 9.48. The van der Waals surface area contributed by atoms with Crippen LogP contribution in [-0.4, -0.2) is 17.6 Å². The Bertz CT molecular complexity index is 320. The van der Waals surface area contributed by atoms with Crippen LogP contribution in [0.4, 0.5) is 5.82 Å². The summed E-state index contributed by atoms with van der Waals surface area (Å²) in [6.45, 7) is 6.25. The normalized spacial score (nSPS) is 25.9. The smallest absolute Gasteiger partial charge is 0.128 e. The number of hydrogen-bond donors (Lipinski definition) is 1. The van der Waals surface area contributed by atoms with E-state index < -0.39 is 0 Å². The molecule has 0 aliphatic carbocycles. The van der Waals surface area contributed by atoms with Crippen molar-refractivity contribution in [2.45, 2.75) is 32.9 Å². The van der Waals surface area contributed by atoms with Crippen LogP contribution in [0.5, 0.6) is 0 Å². The van der Waals surface area contributed by atoms with Gasteiger partial charge in [0.2, 0.25) is 0 Å². The van der Waals surface area contributed by atoms with Crippen molar-refractivity contribution in [1.29, 1.82) is 0 Å². The van der Waals surface area contributed by atoms with Crippen LogP contribution in [0.15, 0.2) is 18.3 Å². The molecule has 0 saturated carbocycles. The number of pyridine rings is 1. The maximum absolute atomic E-state index is 5.55. The Hall–Kier alpha value is -1.09. The van der Waals surface area contributed by atoms with Gasteiger partial charge in [-0.05, 0) is 30.9 Å². The second-order valence-electron chi connectivity index (χ2n) is 4.57. The molecule has 1 fully saturated rings. The first kappa shape index (κ1) is 10.4. The van der Waals surface area contributed by atoms with Crippen LogP contribution in [0.3, 0.4) is 0 Å². The number of rotatable bonds is 2. The molecule has 1 saturated heterocycles. The molecular formula is C12H19N3. The highest BCUT2D eigenvalue weighted by molar-refractivity contribution is 5.41. The topological polar surface area (TPSA) is 42.1 Å². The summed E-state index contributed by atoms with van der Waals surface area (Å²) in [5, 5.41) is 0. The van der Waals surface area contributed by atoms with Crippen LogP contribution >= 0.6 is 0 Å². The molecule has 0 amide bonds. The molecule has 1 aromatic rings. The summed E-state index contributed by atoms with van der Waals surface area (Å²) in [5.74, 6) is 1.86. The number of hydrogen-bond acceptors (Lipinski definition) is 3. The Morgan fingerprint density at radius 2 is 2.27 bits per heavy atom. The summed E-state index contributed by atoms with van der Waals surface area (Å²) >= 11 is 0. The van der Waals surface area contributed by atoms with Crippen molar-refractivity contribution in [2.24, 2.45) is 11.7 Å². The van der Waals surface area contributed by atoms with E-state index >= 15 is 0 Å².